The summed E-state index contributed by atoms with van der Waals surface area (Å²) in [4.78, 5) is 15.6. The number of rotatable bonds is 4. The van der Waals surface area contributed by atoms with E-state index >= 15 is 0 Å². The molecule has 1 amide bonds. The maximum atomic E-state index is 14.0. The summed E-state index contributed by atoms with van der Waals surface area (Å²) in [6, 6.07) is 12.1. The van der Waals surface area contributed by atoms with Crippen LogP contribution in [0.2, 0.25) is 0 Å². The topological polar surface area (TPSA) is 38.8 Å². The normalized spacial score (nSPS) is 16.7. The Morgan fingerprint density at radius 3 is 2.78 bits per heavy atom. The number of hydrogen-bond donors (Lipinski definition) is 0. The maximum absolute atomic E-state index is 14.0. The number of methoxy groups -OCH3 is 2. The van der Waals surface area contributed by atoms with Crippen LogP contribution in [0.4, 0.5) is 4.39 Å². The van der Waals surface area contributed by atoms with Crippen molar-refractivity contribution in [2.45, 2.75) is 18.9 Å². The van der Waals surface area contributed by atoms with Crippen LogP contribution >= 0.6 is 11.3 Å². The van der Waals surface area contributed by atoms with Crippen LogP contribution in [-0.4, -0.2) is 31.6 Å². The number of nitrogens with zero attached hydrogens (tertiary/aromatic N) is 1. The van der Waals surface area contributed by atoms with Gasteiger partial charge in [-0.25, -0.2) is 4.39 Å². The molecule has 4 rings (SSSR count). The van der Waals surface area contributed by atoms with Gasteiger partial charge < -0.3 is 14.4 Å². The zero-order valence-corrected chi connectivity index (χ0v) is 16.0. The van der Waals surface area contributed by atoms with E-state index in [0.717, 1.165) is 34.6 Å². The van der Waals surface area contributed by atoms with Crippen LogP contribution in [0.5, 0.6) is 11.5 Å². The van der Waals surface area contributed by atoms with Gasteiger partial charge in [0.05, 0.1) is 25.1 Å². The number of benzene rings is 2. The molecule has 0 bridgehead atoms. The van der Waals surface area contributed by atoms with Crippen molar-refractivity contribution < 1.29 is 18.7 Å². The van der Waals surface area contributed by atoms with E-state index < -0.39 is 0 Å². The molecule has 0 N–H and O–H groups in total. The van der Waals surface area contributed by atoms with E-state index in [9.17, 15) is 9.18 Å². The van der Waals surface area contributed by atoms with Gasteiger partial charge in [0, 0.05) is 22.2 Å². The Hall–Kier alpha value is -2.60. The molecule has 140 valence electrons. The largest absolute Gasteiger partial charge is 0.497 e. The first kappa shape index (κ1) is 17.8. The molecular formula is C21H20FNO3S. The number of amides is 1. The van der Waals surface area contributed by atoms with Crippen molar-refractivity contribution in [3.8, 4) is 11.5 Å². The van der Waals surface area contributed by atoms with E-state index in [-0.39, 0.29) is 17.8 Å². The van der Waals surface area contributed by atoms with Crippen LogP contribution in [0.3, 0.4) is 0 Å². The van der Waals surface area contributed by atoms with Crippen LogP contribution in [0.25, 0.3) is 10.1 Å². The molecule has 2 heterocycles. The molecule has 3 aromatic rings. The van der Waals surface area contributed by atoms with Crippen molar-refractivity contribution in [2.75, 3.05) is 20.8 Å². The minimum atomic E-state index is -0.296. The van der Waals surface area contributed by atoms with Gasteiger partial charge in [0.15, 0.2) is 0 Å². The molecule has 6 heteroatoms. The average molecular weight is 385 g/mol. The van der Waals surface area contributed by atoms with Gasteiger partial charge in [0.25, 0.3) is 5.91 Å². The molecule has 1 saturated heterocycles. The van der Waals surface area contributed by atoms with Gasteiger partial charge in [-0.15, -0.1) is 11.3 Å². The molecule has 1 aliphatic rings. The third-order valence-electron chi connectivity index (χ3n) is 5.03. The lowest BCUT2D eigenvalue weighted by Gasteiger charge is -2.26. The van der Waals surface area contributed by atoms with Crippen molar-refractivity contribution in [1.29, 1.82) is 0 Å². The summed E-state index contributed by atoms with van der Waals surface area (Å²) in [6.45, 7) is 0.667. The summed E-state index contributed by atoms with van der Waals surface area (Å²) >= 11 is 1.33. The number of hydrogen-bond acceptors (Lipinski definition) is 4. The number of halogens is 1. The lowest BCUT2D eigenvalue weighted by atomic mass is 10.0. The van der Waals surface area contributed by atoms with E-state index in [4.69, 9.17) is 9.47 Å². The Kier molecular flexibility index (Phi) is 4.74. The summed E-state index contributed by atoms with van der Waals surface area (Å²) < 4.78 is 25.7. The summed E-state index contributed by atoms with van der Waals surface area (Å²) in [5.74, 6) is 1.11. The highest BCUT2D eigenvalue weighted by Gasteiger charge is 2.33. The third kappa shape index (κ3) is 3.14. The van der Waals surface area contributed by atoms with Crippen molar-refractivity contribution in [1.82, 2.24) is 4.90 Å². The quantitative estimate of drug-likeness (QED) is 0.632. The Balaban J connectivity index is 1.70. The minimum Gasteiger partial charge on any atom is -0.497 e. The Labute approximate surface area is 161 Å². The fraction of sp³-hybridized carbons (Fsp3) is 0.286. The molecule has 0 spiro atoms. The van der Waals surface area contributed by atoms with Crippen LogP contribution < -0.4 is 9.47 Å². The van der Waals surface area contributed by atoms with Gasteiger partial charge in [-0.3, -0.25) is 4.79 Å². The number of carbonyl (C=O) groups excluding carboxylic acids is 1. The number of carbonyl (C=O) groups is 1. The fourth-order valence-corrected chi connectivity index (χ4v) is 4.74. The Morgan fingerprint density at radius 1 is 1.19 bits per heavy atom. The number of thiophene rings is 1. The standard InChI is InChI=1S/C21H20FNO3S/c1-25-13-8-9-18(26-2)15(11-13)17-6-4-10-23(17)21(24)20-12-14-16(22)5-3-7-19(14)27-20/h3,5,7-9,11-12,17H,4,6,10H2,1-2H3. The average Bonchev–Trinajstić information content (AvgIpc) is 3.34. The number of ether oxygens (including phenoxy) is 2. The first-order chi connectivity index (χ1) is 13.1. The SMILES string of the molecule is COc1ccc(OC)c(C2CCCN2C(=O)c2cc3c(F)cccc3s2)c1. The molecule has 0 radical (unpaired) electrons. The predicted octanol–water partition coefficient (Wildman–Crippen LogP) is 5.03. The molecule has 2 aromatic carbocycles. The monoisotopic (exact) mass is 385 g/mol. The summed E-state index contributed by atoms with van der Waals surface area (Å²) in [7, 11) is 3.25. The van der Waals surface area contributed by atoms with Crippen LogP contribution in [0.15, 0.2) is 42.5 Å². The third-order valence-corrected chi connectivity index (χ3v) is 6.12. The lowest BCUT2D eigenvalue weighted by molar-refractivity contribution is 0.0739. The van der Waals surface area contributed by atoms with Gasteiger partial charge in [0.1, 0.15) is 17.3 Å². The van der Waals surface area contributed by atoms with E-state index in [0.29, 0.717) is 16.8 Å². The summed E-state index contributed by atoms with van der Waals surface area (Å²) in [5.41, 5.74) is 0.940. The molecule has 0 saturated carbocycles. The highest BCUT2D eigenvalue weighted by atomic mass is 32.1. The van der Waals surface area contributed by atoms with E-state index in [2.05, 4.69) is 0 Å². The smallest absolute Gasteiger partial charge is 0.264 e. The van der Waals surface area contributed by atoms with Crippen LogP contribution in [0.1, 0.15) is 34.1 Å². The maximum Gasteiger partial charge on any atom is 0.264 e. The van der Waals surface area contributed by atoms with E-state index in [1.807, 2.05) is 29.2 Å². The second-order valence-electron chi connectivity index (χ2n) is 6.53. The molecule has 27 heavy (non-hydrogen) atoms. The van der Waals surface area contributed by atoms with Gasteiger partial charge in [-0.2, -0.15) is 0 Å². The van der Waals surface area contributed by atoms with Crippen molar-refractivity contribution in [2.24, 2.45) is 0 Å². The van der Waals surface area contributed by atoms with Crippen LogP contribution in [0, 0.1) is 5.82 Å². The highest BCUT2D eigenvalue weighted by Crippen LogP contribution is 2.40. The Bertz CT molecular complexity index is 1000. The minimum absolute atomic E-state index is 0.0667. The molecule has 1 atom stereocenters. The number of likely N-dealkylation sites (tertiary alicyclic amines) is 1. The molecule has 0 aliphatic carbocycles. The number of fused-ring (bicyclic) bond motifs is 1. The van der Waals surface area contributed by atoms with Crippen molar-refractivity contribution >= 4 is 27.3 Å². The van der Waals surface area contributed by atoms with Gasteiger partial charge >= 0.3 is 0 Å². The van der Waals surface area contributed by atoms with Gasteiger partial charge in [-0.05, 0) is 49.2 Å². The van der Waals surface area contributed by atoms with Crippen molar-refractivity contribution in [3.63, 3.8) is 0 Å². The first-order valence-corrected chi connectivity index (χ1v) is 9.65. The fourth-order valence-electron chi connectivity index (χ4n) is 3.71. The molecular weight excluding hydrogens is 365 g/mol. The van der Waals surface area contributed by atoms with Crippen LogP contribution in [-0.2, 0) is 0 Å². The van der Waals surface area contributed by atoms with Gasteiger partial charge in [-0.1, -0.05) is 6.07 Å². The Morgan fingerprint density at radius 2 is 2.04 bits per heavy atom. The summed E-state index contributed by atoms with van der Waals surface area (Å²) in [5, 5.41) is 0.501. The first-order valence-electron chi connectivity index (χ1n) is 8.83. The second-order valence-corrected chi connectivity index (χ2v) is 7.61. The molecule has 4 nitrogen and oxygen atoms in total. The molecule has 1 aromatic heterocycles. The van der Waals surface area contributed by atoms with Crippen molar-refractivity contribution in [3.05, 3.63) is 58.7 Å². The highest BCUT2D eigenvalue weighted by molar-refractivity contribution is 7.20. The predicted molar refractivity (Wildman–Crippen MR) is 104 cm³/mol. The van der Waals surface area contributed by atoms with Gasteiger partial charge in [0.2, 0.25) is 0 Å². The van der Waals surface area contributed by atoms with E-state index in [1.54, 1.807) is 26.4 Å². The molecule has 1 aliphatic heterocycles. The molecule has 1 unspecified atom stereocenters. The van der Waals surface area contributed by atoms with E-state index in [1.165, 1.54) is 17.4 Å². The summed E-state index contributed by atoms with van der Waals surface area (Å²) in [6.07, 6.45) is 1.77. The zero-order chi connectivity index (χ0) is 19.0. The lowest BCUT2D eigenvalue weighted by Crippen LogP contribution is -2.30. The molecule has 1 fully saturated rings. The zero-order valence-electron chi connectivity index (χ0n) is 15.2. The second kappa shape index (κ2) is 7.19.